The maximum absolute atomic E-state index is 10.2. The second kappa shape index (κ2) is 7.80. The maximum Gasteiger partial charge on any atom is 0.343 e. The Hall–Kier alpha value is -0.440. The van der Waals surface area contributed by atoms with Gasteiger partial charge >= 0.3 is 11.9 Å². The van der Waals surface area contributed by atoms with Crippen LogP contribution in [0.3, 0.4) is 0 Å². The zero-order valence-corrected chi connectivity index (χ0v) is 9.33. The molecule has 0 aromatic rings. The van der Waals surface area contributed by atoms with Gasteiger partial charge in [0.05, 0.1) is 0 Å². The van der Waals surface area contributed by atoms with E-state index in [1.807, 2.05) is 0 Å². The minimum absolute atomic E-state index is 0.396. The molecule has 0 radical (unpaired) electrons. The Labute approximate surface area is 94.7 Å². The normalized spacial score (nSPS) is 14.5. The van der Waals surface area contributed by atoms with Gasteiger partial charge in [-0.1, -0.05) is 0 Å². The fourth-order valence-corrected chi connectivity index (χ4v) is 2.13. The minimum atomic E-state index is -1.45. The minimum Gasteiger partial charge on any atom is -0.479 e. The van der Waals surface area contributed by atoms with Crippen LogP contribution < -0.4 is 0 Å². The molecule has 2 atom stereocenters. The van der Waals surface area contributed by atoms with Crippen molar-refractivity contribution >= 4 is 35.5 Å². The van der Waals surface area contributed by atoms with Crippen molar-refractivity contribution in [1.82, 2.24) is 0 Å². The molecule has 0 aliphatic carbocycles. The summed E-state index contributed by atoms with van der Waals surface area (Å²) in [5.41, 5.74) is -2.89. The molecule has 0 amide bonds. The third-order valence-corrected chi connectivity index (χ3v) is 3.35. The molecule has 2 unspecified atom stereocenters. The Morgan fingerprint density at radius 3 is 1.53 bits per heavy atom. The van der Waals surface area contributed by atoms with E-state index in [1.165, 1.54) is 0 Å². The van der Waals surface area contributed by atoms with Gasteiger partial charge in [-0.15, -0.1) is 23.5 Å². The van der Waals surface area contributed by atoms with E-state index in [2.05, 4.69) is 0 Å². The van der Waals surface area contributed by atoms with Crippen LogP contribution in [0.1, 0.15) is 6.42 Å². The van der Waals surface area contributed by atoms with Crippen molar-refractivity contribution in [2.24, 2.45) is 0 Å². The molecular weight excluding hydrogens is 244 g/mol. The first-order valence-corrected chi connectivity index (χ1v) is 6.10. The number of carbonyl (C=O) groups is 2. The van der Waals surface area contributed by atoms with E-state index < -0.39 is 22.8 Å². The van der Waals surface area contributed by atoms with Crippen LogP contribution in [0.5, 0.6) is 0 Å². The van der Waals surface area contributed by atoms with Crippen molar-refractivity contribution in [3.05, 3.63) is 0 Å². The lowest BCUT2D eigenvalue weighted by Gasteiger charge is -2.06. The number of aliphatic hydroxyl groups excluding tert-OH is 2. The van der Waals surface area contributed by atoms with Gasteiger partial charge in [0.1, 0.15) is 0 Å². The highest BCUT2D eigenvalue weighted by atomic mass is 32.2. The van der Waals surface area contributed by atoms with Gasteiger partial charge in [-0.25, -0.2) is 9.59 Å². The van der Waals surface area contributed by atoms with Gasteiger partial charge in [-0.3, -0.25) is 0 Å². The third kappa shape index (κ3) is 7.48. The molecule has 8 heteroatoms. The smallest absolute Gasteiger partial charge is 0.343 e. The quantitative estimate of drug-likeness (QED) is 0.344. The molecule has 15 heavy (non-hydrogen) atoms. The molecular formula is C7H12O6S2. The number of hydrogen-bond acceptors (Lipinski definition) is 6. The lowest BCUT2D eigenvalue weighted by molar-refractivity contribution is -0.142. The van der Waals surface area contributed by atoms with E-state index in [9.17, 15) is 9.59 Å². The van der Waals surface area contributed by atoms with Gasteiger partial charge < -0.3 is 20.4 Å². The van der Waals surface area contributed by atoms with E-state index in [0.717, 1.165) is 23.5 Å². The fourth-order valence-electron chi connectivity index (χ4n) is 0.591. The lowest BCUT2D eigenvalue weighted by atomic mass is 10.6. The van der Waals surface area contributed by atoms with Crippen LogP contribution in [-0.4, -0.2) is 54.7 Å². The fraction of sp³-hybridized carbons (Fsp3) is 0.714. The molecule has 0 aliphatic rings. The summed E-state index contributed by atoms with van der Waals surface area (Å²) in [5, 5.41) is 34.3. The van der Waals surface area contributed by atoms with E-state index in [1.54, 1.807) is 0 Å². The van der Waals surface area contributed by atoms with Gasteiger partial charge in [-0.2, -0.15) is 0 Å². The Balaban J connectivity index is 3.40. The van der Waals surface area contributed by atoms with Crippen LogP contribution in [0.4, 0.5) is 0 Å². The van der Waals surface area contributed by atoms with Crippen LogP contribution in [0.25, 0.3) is 0 Å². The van der Waals surface area contributed by atoms with Gasteiger partial charge in [0.25, 0.3) is 0 Å². The zero-order chi connectivity index (χ0) is 11.8. The first kappa shape index (κ1) is 14.6. The molecule has 88 valence electrons. The van der Waals surface area contributed by atoms with Crippen LogP contribution in [-0.2, 0) is 9.59 Å². The van der Waals surface area contributed by atoms with Crippen molar-refractivity contribution in [1.29, 1.82) is 0 Å². The van der Waals surface area contributed by atoms with Crippen LogP contribution in [0.2, 0.25) is 0 Å². The molecule has 0 aliphatic heterocycles. The van der Waals surface area contributed by atoms with Crippen molar-refractivity contribution in [3.8, 4) is 0 Å². The largest absolute Gasteiger partial charge is 0.479 e. The van der Waals surface area contributed by atoms with Gasteiger partial charge in [0.2, 0.25) is 0 Å². The van der Waals surface area contributed by atoms with Crippen LogP contribution >= 0.6 is 23.5 Å². The molecule has 0 aromatic carbocycles. The summed E-state index contributed by atoms with van der Waals surface area (Å²) >= 11 is 1.72. The molecule has 0 aromatic heterocycles. The second-order valence-electron chi connectivity index (χ2n) is 2.48. The molecule has 0 fully saturated rings. The van der Waals surface area contributed by atoms with E-state index in [4.69, 9.17) is 20.4 Å². The van der Waals surface area contributed by atoms with Gasteiger partial charge in [0, 0.05) is 0 Å². The average Bonchev–Trinajstić information content (AvgIpc) is 2.16. The molecule has 0 bridgehead atoms. The number of aliphatic hydroxyl groups is 2. The predicted molar refractivity (Wildman–Crippen MR) is 56.8 cm³/mol. The molecule has 0 heterocycles. The predicted octanol–water partition coefficient (Wildman–Crippen LogP) is -0.351. The van der Waals surface area contributed by atoms with E-state index in [0.29, 0.717) is 17.9 Å². The monoisotopic (exact) mass is 256 g/mol. The third-order valence-electron chi connectivity index (χ3n) is 1.26. The zero-order valence-electron chi connectivity index (χ0n) is 7.70. The Morgan fingerprint density at radius 2 is 1.27 bits per heavy atom. The molecule has 0 rings (SSSR count). The van der Waals surface area contributed by atoms with Crippen LogP contribution in [0, 0.1) is 0 Å². The maximum atomic E-state index is 10.2. The van der Waals surface area contributed by atoms with Crippen molar-refractivity contribution in [3.63, 3.8) is 0 Å². The van der Waals surface area contributed by atoms with Crippen LogP contribution in [0.15, 0.2) is 0 Å². The SMILES string of the molecule is O=C(O)C(O)SCCCSC(O)C(=O)O. The number of carboxylic acid groups (broad SMARTS) is 2. The topological polar surface area (TPSA) is 115 Å². The highest BCUT2D eigenvalue weighted by molar-refractivity contribution is 8.01. The molecule has 0 saturated carbocycles. The molecule has 0 spiro atoms. The summed E-state index contributed by atoms with van der Waals surface area (Å²) in [6.07, 6.45) is 0.518. The number of thioether (sulfide) groups is 2. The summed E-state index contributed by atoms with van der Waals surface area (Å²) in [6.45, 7) is 0. The number of carboxylic acids is 2. The Bertz CT molecular complexity index is 200. The Morgan fingerprint density at radius 1 is 0.933 bits per heavy atom. The number of aliphatic carboxylic acids is 2. The standard InChI is InChI=1S/C7H12O6S2/c8-4(9)6(12)14-2-1-3-15-7(13)5(10)11/h6-7,12-13H,1-3H2,(H,8,9)(H,10,11). The molecule has 6 nitrogen and oxygen atoms in total. The summed E-state index contributed by atoms with van der Waals surface area (Å²) in [6, 6.07) is 0. The highest BCUT2D eigenvalue weighted by Crippen LogP contribution is 2.14. The first-order valence-electron chi connectivity index (χ1n) is 4.00. The molecule has 0 saturated heterocycles. The van der Waals surface area contributed by atoms with E-state index in [-0.39, 0.29) is 0 Å². The summed E-state index contributed by atoms with van der Waals surface area (Å²) in [7, 11) is 0. The van der Waals surface area contributed by atoms with Gasteiger partial charge in [0.15, 0.2) is 10.9 Å². The van der Waals surface area contributed by atoms with Gasteiger partial charge in [-0.05, 0) is 17.9 Å². The summed E-state index contributed by atoms with van der Waals surface area (Å²) in [5.74, 6) is -1.80. The second-order valence-corrected chi connectivity index (χ2v) is 4.85. The first-order chi connectivity index (χ1) is 6.95. The number of hydrogen-bond donors (Lipinski definition) is 4. The summed E-state index contributed by atoms with van der Waals surface area (Å²) < 4.78 is 0. The van der Waals surface area contributed by atoms with E-state index >= 15 is 0 Å². The lowest BCUT2D eigenvalue weighted by Crippen LogP contribution is -2.17. The van der Waals surface area contributed by atoms with Crippen molar-refractivity contribution in [2.45, 2.75) is 17.3 Å². The van der Waals surface area contributed by atoms with Crippen molar-refractivity contribution < 1.29 is 30.0 Å². The van der Waals surface area contributed by atoms with Crippen molar-refractivity contribution in [2.75, 3.05) is 11.5 Å². The highest BCUT2D eigenvalue weighted by Gasteiger charge is 2.14. The summed E-state index contributed by atoms with van der Waals surface area (Å²) in [4.78, 5) is 20.3. The average molecular weight is 256 g/mol. The Kier molecular flexibility index (Phi) is 7.57. The molecule has 4 N–H and O–H groups in total. The number of rotatable bonds is 8.